The molecule has 0 unspecified atom stereocenters. The van der Waals surface area contributed by atoms with Crippen LogP contribution >= 0.6 is 36.4 Å². The number of nitriles is 1. The van der Waals surface area contributed by atoms with Gasteiger partial charge in [-0.15, -0.1) is 24.8 Å². The van der Waals surface area contributed by atoms with Crippen molar-refractivity contribution >= 4 is 53.8 Å². The van der Waals surface area contributed by atoms with Crippen molar-refractivity contribution in [3.8, 4) is 6.07 Å². The van der Waals surface area contributed by atoms with Gasteiger partial charge in [-0.3, -0.25) is 19.5 Å². The van der Waals surface area contributed by atoms with Crippen molar-refractivity contribution in [2.45, 2.75) is 13.5 Å². The summed E-state index contributed by atoms with van der Waals surface area (Å²) in [7, 11) is 0. The Labute approximate surface area is 234 Å². The molecular formula is C27H29Cl3N6O. The maximum atomic E-state index is 13.5. The summed E-state index contributed by atoms with van der Waals surface area (Å²) in [5.74, 6) is 0.505. The molecule has 0 atom stereocenters. The Bertz CT molecular complexity index is 1310. The van der Waals surface area contributed by atoms with Crippen molar-refractivity contribution in [1.82, 2.24) is 19.6 Å². The summed E-state index contributed by atoms with van der Waals surface area (Å²) in [6.07, 6.45) is 1.53. The van der Waals surface area contributed by atoms with E-state index in [0.717, 1.165) is 49.6 Å². The maximum Gasteiger partial charge on any atom is 0.242 e. The molecule has 1 saturated heterocycles. The van der Waals surface area contributed by atoms with Crippen LogP contribution in [0.1, 0.15) is 23.6 Å². The number of halogens is 3. The van der Waals surface area contributed by atoms with E-state index in [9.17, 15) is 10.1 Å². The van der Waals surface area contributed by atoms with Crippen LogP contribution in [-0.4, -0.2) is 64.8 Å². The first-order valence-electron chi connectivity index (χ1n) is 11.8. The highest BCUT2D eigenvalue weighted by Crippen LogP contribution is 2.35. The molecule has 194 valence electrons. The zero-order valence-corrected chi connectivity index (χ0v) is 22.9. The number of hydrogen-bond acceptors (Lipinski definition) is 5. The normalized spacial score (nSPS) is 15.9. The molecule has 7 nitrogen and oxygen atoms in total. The first kappa shape index (κ1) is 28.7. The van der Waals surface area contributed by atoms with Gasteiger partial charge in [-0.1, -0.05) is 54.1 Å². The van der Waals surface area contributed by atoms with E-state index in [1.54, 1.807) is 9.58 Å². The van der Waals surface area contributed by atoms with E-state index in [-0.39, 0.29) is 30.7 Å². The number of anilines is 1. The highest BCUT2D eigenvalue weighted by Gasteiger charge is 2.32. The molecule has 5 rings (SSSR count). The minimum Gasteiger partial charge on any atom is -0.297 e. The predicted octanol–water partition coefficient (Wildman–Crippen LogP) is 4.70. The first-order valence-corrected chi connectivity index (χ1v) is 12.1. The topological polar surface area (TPSA) is 68.4 Å². The number of amides is 1. The number of carbonyl (C=O) groups is 1. The Morgan fingerprint density at radius 1 is 1.03 bits per heavy atom. The van der Waals surface area contributed by atoms with Crippen LogP contribution in [-0.2, 0) is 11.3 Å². The van der Waals surface area contributed by atoms with Crippen LogP contribution in [0.25, 0.3) is 5.70 Å². The molecule has 0 radical (unpaired) electrons. The van der Waals surface area contributed by atoms with E-state index in [1.165, 1.54) is 11.8 Å². The molecule has 3 aromatic rings. The van der Waals surface area contributed by atoms with Crippen LogP contribution in [0, 0.1) is 11.3 Å². The lowest BCUT2D eigenvalue weighted by atomic mass is 10.0. The van der Waals surface area contributed by atoms with Crippen molar-refractivity contribution in [2.75, 3.05) is 44.2 Å². The van der Waals surface area contributed by atoms with Crippen LogP contribution in [0.5, 0.6) is 0 Å². The second-order valence-corrected chi connectivity index (χ2v) is 9.50. The fraction of sp³-hybridized carbons (Fsp3) is 0.296. The number of hydrogen-bond donors (Lipinski definition) is 0. The van der Waals surface area contributed by atoms with Crippen molar-refractivity contribution in [1.29, 1.82) is 5.26 Å². The van der Waals surface area contributed by atoms with Gasteiger partial charge in [-0.05, 0) is 30.2 Å². The van der Waals surface area contributed by atoms with E-state index in [4.69, 9.17) is 11.6 Å². The molecule has 2 aliphatic rings. The molecule has 0 aliphatic carbocycles. The number of rotatable bonds is 5. The fourth-order valence-corrected chi connectivity index (χ4v) is 5.04. The predicted molar refractivity (Wildman–Crippen MR) is 151 cm³/mol. The Morgan fingerprint density at radius 2 is 1.73 bits per heavy atom. The zero-order valence-electron chi connectivity index (χ0n) is 20.5. The van der Waals surface area contributed by atoms with E-state index >= 15 is 0 Å². The number of benzene rings is 2. The van der Waals surface area contributed by atoms with E-state index in [2.05, 4.69) is 45.2 Å². The van der Waals surface area contributed by atoms with Crippen molar-refractivity contribution < 1.29 is 4.79 Å². The van der Waals surface area contributed by atoms with Gasteiger partial charge in [-0.25, -0.2) is 4.68 Å². The number of carbonyl (C=O) groups excluding carboxylic acids is 1. The van der Waals surface area contributed by atoms with Crippen LogP contribution in [0.3, 0.4) is 0 Å². The highest BCUT2D eigenvalue weighted by atomic mass is 35.5. The van der Waals surface area contributed by atoms with Gasteiger partial charge in [0.1, 0.15) is 11.6 Å². The quantitative estimate of drug-likeness (QED) is 0.453. The Hall–Kier alpha value is -2.86. The average Bonchev–Trinajstić information content (AvgIpc) is 3.29. The second kappa shape index (κ2) is 12.6. The van der Waals surface area contributed by atoms with E-state index < -0.39 is 0 Å². The first-order chi connectivity index (χ1) is 17.0. The van der Waals surface area contributed by atoms with Crippen molar-refractivity contribution in [2.24, 2.45) is 0 Å². The van der Waals surface area contributed by atoms with Crippen LogP contribution in [0.2, 0.25) is 5.02 Å². The molecule has 0 bridgehead atoms. The monoisotopic (exact) mass is 558 g/mol. The molecule has 1 fully saturated rings. The van der Waals surface area contributed by atoms with E-state index in [1.807, 2.05) is 37.3 Å². The molecule has 37 heavy (non-hydrogen) atoms. The summed E-state index contributed by atoms with van der Waals surface area (Å²) in [6, 6.07) is 20.2. The molecule has 3 heterocycles. The molecular weight excluding hydrogens is 531 g/mol. The summed E-state index contributed by atoms with van der Waals surface area (Å²) >= 11 is 6.24. The van der Waals surface area contributed by atoms with Gasteiger partial charge in [0.15, 0.2) is 5.82 Å². The minimum absolute atomic E-state index is 0. The zero-order chi connectivity index (χ0) is 24.4. The molecule has 0 saturated carbocycles. The summed E-state index contributed by atoms with van der Waals surface area (Å²) < 4.78 is 1.71. The Kier molecular flexibility index (Phi) is 9.77. The fourth-order valence-electron chi connectivity index (χ4n) is 4.85. The Balaban J connectivity index is 0.00000190. The molecule has 10 heteroatoms. The molecule has 0 N–H and O–H groups in total. The van der Waals surface area contributed by atoms with Gasteiger partial charge in [0.25, 0.3) is 0 Å². The standard InChI is InChI=1S/C27H27ClN6O.2ClH/c1-20-17-33(25(35)19-32-12-10-31(11-13-32)18-21-6-3-2-4-7-21)27-23(15-29)16-30-34(27)26(20)22-8-5-9-24(28)14-22;;/h2-9,14,16H,10-13,17-19H2,1H3;2*1H. The lowest BCUT2D eigenvalue weighted by Crippen LogP contribution is -2.50. The number of nitrogens with zero attached hydrogens (tertiary/aromatic N) is 6. The van der Waals surface area contributed by atoms with Crippen molar-refractivity contribution in [3.05, 3.63) is 88.1 Å². The third-order valence-corrected chi connectivity index (χ3v) is 6.84. The summed E-state index contributed by atoms with van der Waals surface area (Å²) in [5.41, 5.74) is 4.46. The molecule has 0 spiro atoms. The molecule has 1 amide bonds. The summed E-state index contributed by atoms with van der Waals surface area (Å²) in [5, 5.41) is 14.8. The van der Waals surface area contributed by atoms with Gasteiger partial charge in [0.2, 0.25) is 5.91 Å². The summed E-state index contributed by atoms with van der Waals surface area (Å²) in [6.45, 7) is 7.15. The van der Waals surface area contributed by atoms with Crippen LogP contribution in [0.15, 0.2) is 66.4 Å². The maximum absolute atomic E-state index is 13.5. The third-order valence-electron chi connectivity index (χ3n) is 6.60. The smallest absolute Gasteiger partial charge is 0.242 e. The number of aromatic nitrogens is 2. The van der Waals surface area contributed by atoms with Gasteiger partial charge < -0.3 is 0 Å². The van der Waals surface area contributed by atoms with Crippen LogP contribution in [0.4, 0.5) is 5.82 Å². The lowest BCUT2D eigenvalue weighted by molar-refractivity contribution is -0.120. The number of piperazine rings is 1. The van der Waals surface area contributed by atoms with E-state index in [0.29, 0.717) is 29.5 Å². The third kappa shape index (κ3) is 6.18. The van der Waals surface area contributed by atoms with Gasteiger partial charge in [0.05, 0.1) is 25.0 Å². The second-order valence-electron chi connectivity index (χ2n) is 9.06. The van der Waals surface area contributed by atoms with Crippen LogP contribution < -0.4 is 4.90 Å². The number of fused-ring (bicyclic) bond motifs is 1. The Morgan fingerprint density at radius 3 is 2.41 bits per heavy atom. The summed E-state index contributed by atoms with van der Waals surface area (Å²) in [4.78, 5) is 19.8. The van der Waals surface area contributed by atoms with Gasteiger partial charge in [0, 0.05) is 43.3 Å². The van der Waals surface area contributed by atoms with Gasteiger partial charge >= 0.3 is 0 Å². The minimum atomic E-state index is -0.0238. The lowest BCUT2D eigenvalue weighted by Gasteiger charge is -2.36. The molecule has 2 aliphatic heterocycles. The SMILES string of the molecule is CC1=C(c2cccc(Cl)c2)n2ncc(C#N)c2N(C(=O)CN2CCN(Cc3ccccc3)CC2)C1.Cl.Cl. The average molecular weight is 560 g/mol. The van der Waals surface area contributed by atoms with Crippen molar-refractivity contribution in [3.63, 3.8) is 0 Å². The molecule has 1 aromatic heterocycles. The highest BCUT2D eigenvalue weighted by molar-refractivity contribution is 6.30. The molecule has 2 aromatic carbocycles. The van der Waals surface area contributed by atoms with Gasteiger partial charge in [-0.2, -0.15) is 10.4 Å². The largest absolute Gasteiger partial charge is 0.297 e.